The van der Waals surface area contributed by atoms with E-state index in [0.29, 0.717) is 28.1 Å². The number of aromatic nitrogens is 5. The Morgan fingerprint density at radius 3 is 2.61 bits per heavy atom. The van der Waals surface area contributed by atoms with Gasteiger partial charge in [-0.1, -0.05) is 11.3 Å². The summed E-state index contributed by atoms with van der Waals surface area (Å²) in [5.41, 5.74) is 1.03. The number of amides is 1. The van der Waals surface area contributed by atoms with Crippen LogP contribution in [0.25, 0.3) is 11.5 Å². The van der Waals surface area contributed by atoms with Gasteiger partial charge >= 0.3 is 0 Å². The Hall–Kier alpha value is -3.33. The first-order valence-electron chi connectivity index (χ1n) is 8.81. The van der Waals surface area contributed by atoms with Crippen molar-refractivity contribution in [2.24, 2.45) is 0 Å². The predicted molar refractivity (Wildman–Crippen MR) is 103 cm³/mol. The second-order valence-corrected chi connectivity index (χ2v) is 7.54. The Morgan fingerprint density at radius 2 is 1.89 bits per heavy atom. The molecule has 1 amide bonds. The zero-order valence-electron chi connectivity index (χ0n) is 14.6. The topological polar surface area (TPSA) is 77.6 Å². The first-order valence-corrected chi connectivity index (χ1v) is 9.63. The summed E-state index contributed by atoms with van der Waals surface area (Å²) in [5.74, 6) is 0.385. The lowest BCUT2D eigenvalue weighted by Crippen LogP contribution is -2.15. The monoisotopic (exact) mass is 394 g/mol. The summed E-state index contributed by atoms with van der Waals surface area (Å²) in [4.78, 5) is 12.9. The normalized spacial score (nSPS) is 13.6. The molecule has 0 aliphatic heterocycles. The maximum Gasteiger partial charge on any atom is 0.262 e. The number of nitrogens with zero attached hydrogens (tertiary/aromatic N) is 5. The second-order valence-electron chi connectivity index (χ2n) is 6.53. The van der Waals surface area contributed by atoms with Crippen LogP contribution in [0.3, 0.4) is 0 Å². The Balaban J connectivity index is 1.51. The van der Waals surface area contributed by atoms with Crippen molar-refractivity contribution in [3.63, 3.8) is 0 Å². The molecular formula is C19H15FN6OS. The van der Waals surface area contributed by atoms with Crippen molar-refractivity contribution < 1.29 is 9.18 Å². The van der Waals surface area contributed by atoms with Crippen LogP contribution in [0.2, 0.25) is 0 Å². The Morgan fingerprint density at radius 1 is 1.14 bits per heavy atom. The number of anilines is 1. The first kappa shape index (κ1) is 16.8. The molecule has 140 valence electrons. The first-order chi connectivity index (χ1) is 13.7. The molecule has 1 saturated carbocycles. The summed E-state index contributed by atoms with van der Waals surface area (Å²) in [6.07, 6.45) is 7.40. The number of carbonyl (C=O) groups is 1. The van der Waals surface area contributed by atoms with E-state index in [0.717, 1.165) is 17.8 Å². The lowest BCUT2D eigenvalue weighted by atomic mass is 10.3. The molecule has 3 heterocycles. The summed E-state index contributed by atoms with van der Waals surface area (Å²) in [6.45, 7) is 0. The van der Waals surface area contributed by atoms with Gasteiger partial charge in [-0.3, -0.25) is 10.1 Å². The van der Waals surface area contributed by atoms with Gasteiger partial charge in [0.15, 0.2) is 5.82 Å². The molecular weight excluding hydrogens is 379 g/mol. The number of rotatable bonds is 5. The zero-order chi connectivity index (χ0) is 19.1. The number of hydrogen-bond donors (Lipinski definition) is 1. The van der Waals surface area contributed by atoms with Crippen molar-refractivity contribution in [1.29, 1.82) is 0 Å². The maximum absolute atomic E-state index is 13.3. The minimum Gasteiger partial charge on any atom is -0.308 e. The highest BCUT2D eigenvalue weighted by molar-refractivity contribution is 7.15. The molecule has 1 aliphatic rings. The van der Waals surface area contributed by atoms with Crippen LogP contribution in [-0.4, -0.2) is 30.5 Å². The molecule has 0 unspecified atom stereocenters. The number of halogens is 1. The fourth-order valence-electron chi connectivity index (χ4n) is 2.94. The van der Waals surface area contributed by atoms with Crippen molar-refractivity contribution in [2.45, 2.75) is 18.8 Å². The summed E-state index contributed by atoms with van der Waals surface area (Å²) in [6, 6.07) is 9.66. The molecule has 4 aromatic rings. The number of nitrogens with one attached hydrogen (secondary N) is 1. The van der Waals surface area contributed by atoms with Gasteiger partial charge in [-0.15, -0.1) is 10.2 Å². The van der Waals surface area contributed by atoms with Gasteiger partial charge in [0.05, 0.1) is 11.9 Å². The van der Waals surface area contributed by atoms with Crippen LogP contribution in [0.15, 0.2) is 55.0 Å². The average Bonchev–Trinajstić information content (AvgIpc) is 3.11. The van der Waals surface area contributed by atoms with Crippen molar-refractivity contribution in [3.05, 3.63) is 71.4 Å². The molecule has 7 nitrogen and oxygen atoms in total. The fraction of sp³-hybridized carbons (Fsp3) is 0.158. The Bertz CT molecular complexity index is 1130. The molecule has 0 spiro atoms. The van der Waals surface area contributed by atoms with Crippen molar-refractivity contribution in [2.75, 3.05) is 5.32 Å². The molecule has 0 saturated heterocycles. The Kier molecular flexibility index (Phi) is 4.01. The van der Waals surface area contributed by atoms with E-state index in [4.69, 9.17) is 0 Å². The molecule has 1 aromatic carbocycles. The standard InChI is InChI=1S/C19H15FN6OS/c20-13-5-7-14(8-6-13)26-18(25-9-1-2-10-25)15(11-21-26)16(27)22-19-24-23-17(28-19)12-3-4-12/h1-2,5-12H,3-4H2,(H,22,24,27). The van der Waals surface area contributed by atoms with Gasteiger partial charge in [0, 0.05) is 18.3 Å². The highest BCUT2D eigenvalue weighted by Crippen LogP contribution is 2.42. The highest BCUT2D eigenvalue weighted by Gasteiger charge is 2.28. The minimum absolute atomic E-state index is 0.324. The maximum atomic E-state index is 13.3. The van der Waals surface area contributed by atoms with Crippen LogP contribution in [0, 0.1) is 5.82 Å². The molecule has 9 heteroatoms. The van der Waals surface area contributed by atoms with E-state index in [1.807, 2.05) is 24.5 Å². The summed E-state index contributed by atoms with van der Waals surface area (Å²) in [7, 11) is 0. The van der Waals surface area contributed by atoms with Crippen molar-refractivity contribution in [3.8, 4) is 11.5 Å². The largest absolute Gasteiger partial charge is 0.308 e. The van der Waals surface area contributed by atoms with Gasteiger partial charge in [0.25, 0.3) is 5.91 Å². The van der Waals surface area contributed by atoms with E-state index in [9.17, 15) is 9.18 Å². The van der Waals surface area contributed by atoms with Crippen LogP contribution in [0.5, 0.6) is 0 Å². The molecule has 28 heavy (non-hydrogen) atoms. The van der Waals surface area contributed by atoms with Gasteiger partial charge < -0.3 is 4.57 Å². The van der Waals surface area contributed by atoms with Crippen LogP contribution < -0.4 is 5.32 Å². The third-order valence-electron chi connectivity index (χ3n) is 4.50. The van der Waals surface area contributed by atoms with Crippen molar-refractivity contribution in [1.82, 2.24) is 24.5 Å². The van der Waals surface area contributed by atoms with Gasteiger partial charge in [-0.25, -0.2) is 9.07 Å². The van der Waals surface area contributed by atoms with Gasteiger partial charge in [0.2, 0.25) is 5.13 Å². The summed E-state index contributed by atoms with van der Waals surface area (Å²) < 4.78 is 16.7. The fourth-order valence-corrected chi connectivity index (χ4v) is 3.85. The van der Waals surface area contributed by atoms with Crippen LogP contribution >= 0.6 is 11.3 Å². The van der Waals surface area contributed by atoms with Gasteiger partial charge in [-0.05, 0) is 49.2 Å². The Labute approximate surface area is 163 Å². The smallest absolute Gasteiger partial charge is 0.262 e. The van der Waals surface area contributed by atoms with E-state index in [1.165, 1.54) is 29.7 Å². The molecule has 0 radical (unpaired) electrons. The molecule has 3 aromatic heterocycles. The minimum atomic E-state index is -0.334. The quantitative estimate of drug-likeness (QED) is 0.559. The summed E-state index contributed by atoms with van der Waals surface area (Å²) >= 11 is 1.40. The van der Waals surface area contributed by atoms with E-state index >= 15 is 0 Å². The third kappa shape index (κ3) is 3.09. The van der Waals surface area contributed by atoms with Crippen LogP contribution in [0.4, 0.5) is 9.52 Å². The van der Waals surface area contributed by atoms with Gasteiger partial charge in [0.1, 0.15) is 16.4 Å². The third-order valence-corrected chi connectivity index (χ3v) is 5.50. The SMILES string of the molecule is O=C(Nc1nnc(C2CC2)s1)c1cnn(-c2ccc(F)cc2)c1-n1cccc1. The van der Waals surface area contributed by atoms with E-state index in [1.54, 1.807) is 21.4 Å². The number of benzene rings is 1. The molecule has 1 N–H and O–H groups in total. The molecule has 1 aliphatic carbocycles. The predicted octanol–water partition coefficient (Wildman–Crippen LogP) is 3.78. The zero-order valence-corrected chi connectivity index (χ0v) is 15.4. The van der Waals surface area contributed by atoms with Gasteiger partial charge in [-0.2, -0.15) is 5.10 Å². The van der Waals surface area contributed by atoms with Crippen LogP contribution in [-0.2, 0) is 0 Å². The lowest BCUT2D eigenvalue weighted by Gasteiger charge is -2.10. The van der Waals surface area contributed by atoms with E-state index < -0.39 is 0 Å². The number of hydrogen-bond acceptors (Lipinski definition) is 5. The highest BCUT2D eigenvalue weighted by atomic mass is 32.1. The lowest BCUT2D eigenvalue weighted by molar-refractivity contribution is 0.102. The second kappa shape index (κ2) is 6.68. The molecule has 5 rings (SSSR count). The van der Waals surface area contributed by atoms with E-state index in [2.05, 4.69) is 20.6 Å². The van der Waals surface area contributed by atoms with Crippen LogP contribution in [0.1, 0.15) is 34.1 Å². The number of carbonyl (C=O) groups excluding carboxylic acids is 1. The van der Waals surface area contributed by atoms with Crippen molar-refractivity contribution >= 4 is 22.4 Å². The molecule has 0 bridgehead atoms. The molecule has 0 atom stereocenters. The summed E-state index contributed by atoms with van der Waals surface area (Å²) in [5, 5.41) is 16.8. The van der Waals surface area contributed by atoms with E-state index in [-0.39, 0.29) is 11.7 Å². The average molecular weight is 394 g/mol. The molecule has 1 fully saturated rings.